The number of piperazine rings is 1. The standard InChI is InChI=1S/C28H28FN3O4/c1-35-24-10-9-20(16-25(24)36-2)18-32-27(33)22-7-4-8-23(26(22)28(32)34)31-13-11-30(12-14-31)17-19-5-3-6-21(29)15-19/h3-10,15-16H,11-14,17-18H2,1-2H3. The van der Waals surface area contributed by atoms with Gasteiger partial charge in [0.25, 0.3) is 11.8 Å². The van der Waals surface area contributed by atoms with E-state index in [9.17, 15) is 14.0 Å². The van der Waals surface area contributed by atoms with Crippen molar-refractivity contribution in [2.75, 3.05) is 45.3 Å². The van der Waals surface area contributed by atoms with Crippen molar-refractivity contribution >= 4 is 17.5 Å². The molecule has 186 valence electrons. The first-order valence-corrected chi connectivity index (χ1v) is 11.9. The van der Waals surface area contributed by atoms with Crippen molar-refractivity contribution in [2.24, 2.45) is 0 Å². The van der Waals surface area contributed by atoms with Gasteiger partial charge >= 0.3 is 0 Å². The Balaban J connectivity index is 1.31. The molecule has 36 heavy (non-hydrogen) atoms. The molecule has 0 atom stereocenters. The Labute approximate surface area is 209 Å². The first-order chi connectivity index (χ1) is 17.5. The maximum absolute atomic E-state index is 13.5. The van der Waals surface area contributed by atoms with Crippen LogP contribution in [0.5, 0.6) is 11.5 Å². The summed E-state index contributed by atoms with van der Waals surface area (Å²) < 4.78 is 24.2. The number of carbonyl (C=O) groups is 2. The van der Waals surface area contributed by atoms with E-state index in [2.05, 4.69) is 9.80 Å². The number of nitrogens with zero attached hydrogens (tertiary/aromatic N) is 3. The molecule has 0 N–H and O–H groups in total. The minimum Gasteiger partial charge on any atom is -0.493 e. The van der Waals surface area contributed by atoms with Gasteiger partial charge in [0.05, 0.1) is 37.6 Å². The molecular formula is C28H28FN3O4. The summed E-state index contributed by atoms with van der Waals surface area (Å²) in [4.78, 5) is 32.4. The van der Waals surface area contributed by atoms with Gasteiger partial charge in [-0.15, -0.1) is 0 Å². The van der Waals surface area contributed by atoms with E-state index < -0.39 is 0 Å². The minimum atomic E-state index is -0.295. The van der Waals surface area contributed by atoms with Gasteiger partial charge < -0.3 is 14.4 Å². The minimum absolute atomic E-state index is 0.146. The number of hydrogen-bond acceptors (Lipinski definition) is 6. The molecule has 8 heteroatoms. The number of benzene rings is 3. The van der Waals surface area contributed by atoms with Crippen LogP contribution in [-0.4, -0.2) is 62.0 Å². The molecule has 2 aliphatic heterocycles. The van der Waals surface area contributed by atoms with Crippen LogP contribution in [0.3, 0.4) is 0 Å². The predicted molar refractivity (Wildman–Crippen MR) is 134 cm³/mol. The molecule has 0 bridgehead atoms. The number of carbonyl (C=O) groups excluding carboxylic acids is 2. The van der Waals surface area contributed by atoms with Gasteiger partial charge in [-0.05, 0) is 47.5 Å². The SMILES string of the molecule is COc1ccc(CN2C(=O)c3cccc(N4CCN(Cc5cccc(F)c5)CC4)c3C2=O)cc1OC. The lowest BCUT2D eigenvalue weighted by molar-refractivity contribution is 0.0642. The number of halogens is 1. The highest BCUT2D eigenvalue weighted by atomic mass is 19.1. The molecule has 0 unspecified atom stereocenters. The van der Waals surface area contributed by atoms with Gasteiger partial charge in [0.15, 0.2) is 11.5 Å². The zero-order valence-electron chi connectivity index (χ0n) is 20.4. The quantitative estimate of drug-likeness (QED) is 0.468. The highest BCUT2D eigenvalue weighted by molar-refractivity contribution is 6.23. The molecule has 0 radical (unpaired) electrons. The lowest BCUT2D eigenvalue weighted by Gasteiger charge is -2.36. The summed E-state index contributed by atoms with van der Waals surface area (Å²) in [5, 5.41) is 0. The molecule has 1 saturated heterocycles. The molecule has 7 nitrogen and oxygen atoms in total. The lowest BCUT2D eigenvalue weighted by Crippen LogP contribution is -2.46. The number of anilines is 1. The van der Waals surface area contributed by atoms with Gasteiger partial charge in [0.2, 0.25) is 0 Å². The normalized spacial score (nSPS) is 15.9. The predicted octanol–water partition coefficient (Wildman–Crippen LogP) is 3.96. The summed E-state index contributed by atoms with van der Waals surface area (Å²) in [6.07, 6.45) is 0. The number of fused-ring (bicyclic) bond motifs is 1. The van der Waals surface area contributed by atoms with Crippen LogP contribution in [0.4, 0.5) is 10.1 Å². The summed E-state index contributed by atoms with van der Waals surface area (Å²) in [7, 11) is 3.11. The van der Waals surface area contributed by atoms with E-state index >= 15 is 0 Å². The summed E-state index contributed by atoms with van der Waals surface area (Å²) in [6.45, 7) is 3.80. The fraction of sp³-hybridized carbons (Fsp3) is 0.286. The van der Waals surface area contributed by atoms with Crippen LogP contribution in [0.1, 0.15) is 31.8 Å². The number of hydrogen-bond donors (Lipinski definition) is 0. The van der Waals surface area contributed by atoms with Crippen molar-refractivity contribution in [3.05, 3.63) is 88.7 Å². The van der Waals surface area contributed by atoms with Crippen LogP contribution in [0.25, 0.3) is 0 Å². The highest BCUT2D eigenvalue weighted by Crippen LogP contribution is 2.34. The molecule has 3 aromatic carbocycles. The number of imide groups is 1. The second kappa shape index (κ2) is 9.99. The fourth-order valence-electron chi connectivity index (χ4n) is 4.92. The Morgan fingerprint density at radius 2 is 1.50 bits per heavy atom. The zero-order chi connectivity index (χ0) is 25.2. The van der Waals surface area contributed by atoms with E-state index in [1.165, 1.54) is 11.0 Å². The van der Waals surface area contributed by atoms with E-state index in [1.807, 2.05) is 24.3 Å². The zero-order valence-corrected chi connectivity index (χ0v) is 20.4. The summed E-state index contributed by atoms with van der Waals surface area (Å²) in [5.41, 5.74) is 3.39. The average Bonchev–Trinajstić information content (AvgIpc) is 3.14. The Morgan fingerprint density at radius 3 is 2.22 bits per heavy atom. The smallest absolute Gasteiger partial charge is 0.263 e. The van der Waals surface area contributed by atoms with E-state index in [0.717, 1.165) is 29.9 Å². The molecule has 1 fully saturated rings. The van der Waals surface area contributed by atoms with Crippen molar-refractivity contribution in [3.63, 3.8) is 0 Å². The van der Waals surface area contributed by atoms with Crippen molar-refractivity contribution in [2.45, 2.75) is 13.1 Å². The first-order valence-electron chi connectivity index (χ1n) is 11.9. The van der Waals surface area contributed by atoms with Crippen LogP contribution in [-0.2, 0) is 13.1 Å². The van der Waals surface area contributed by atoms with Crippen molar-refractivity contribution in [3.8, 4) is 11.5 Å². The van der Waals surface area contributed by atoms with Crippen molar-refractivity contribution in [1.29, 1.82) is 0 Å². The molecule has 2 heterocycles. The highest BCUT2D eigenvalue weighted by Gasteiger charge is 2.38. The average molecular weight is 490 g/mol. The molecule has 0 saturated carbocycles. The number of methoxy groups -OCH3 is 2. The third-order valence-corrected chi connectivity index (χ3v) is 6.77. The Bertz CT molecular complexity index is 1300. The number of amides is 2. The van der Waals surface area contributed by atoms with Crippen LogP contribution in [0.2, 0.25) is 0 Å². The van der Waals surface area contributed by atoms with Crippen LogP contribution < -0.4 is 14.4 Å². The topological polar surface area (TPSA) is 62.3 Å². The van der Waals surface area contributed by atoms with Gasteiger partial charge in [-0.3, -0.25) is 19.4 Å². The maximum Gasteiger partial charge on any atom is 0.263 e. The van der Waals surface area contributed by atoms with Crippen LogP contribution >= 0.6 is 0 Å². The monoisotopic (exact) mass is 489 g/mol. The molecule has 0 aromatic heterocycles. The Morgan fingerprint density at radius 1 is 0.778 bits per heavy atom. The van der Waals surface area contributed by atoms with E-state index in [1.54, 1.807) is 44.6 Å². The summed E-state index contributed by atoms with van der Waals surface area (Å²) in [6, 6.07) is 17.5. The van der Waals surface area contributed by atoms with Crippen molar-refractivity contribution < 1.29 is 23.5 Å². The third-order valence-electron chi connectivity index (χ3n) is 6.77. The largest absolute Gasteiger partial charge is 0.493 e. The third kappa shape index (κ3) is 4.52. The molecule has 0 aliphatic carbocycles. The maximum atomic E-state index is 13.5. The molecule has 2 amide bonds. The Kier molecular flexibility index (Phi) is 6.61. The van der Waals surface area contributed by atoms with Gasteiger partial charge in [0, 0.05) is 32.7 Å². The van der Waals surface area contributed by atoms with E-state index in [4.69, 9.17) is 9.47 Å². The van der Waals surface area contributed by atoms with Gasteiger partial charge in [-0.1, -0.05) is 24.3 Å². The fourth-order valence-corrected chi connectivity index (χ4v) is 4.92. The molecule has 5 rings (SSSR count). The number of ether oxygens (including phenoxy) is 2. The van der Waals surface area contributed by atoms with Gasteiger partial charge in [0.1, 0.15) is 5.82 Å². The molecule has 0 spiro atoms. The second-order valence-electron chi connectivity index (χ2n) is 8.98. The van der Waals surface area contributed by atoms with E-state index in [-0.39, 0.29) is 24.2 Å². The first kappa shape index (κ1) is 23.8. The molecule has 2 aliphatic rings. The lowest BCUT2D eigenvalue weighted by atomic mass is 10.1. The summed E-state index contributed by atoms with van der Waals surface area (Å²) >= 11 is 0. The van der Waals surface area contributed by atoms with Gasteiger partial charge in [-0.25, -0.2) is 4.39 Å². The molecule has 3 aromatic rings. The Hall–Kier alpha value is -3.91. The van der Waals surface area contributed by atoms with Gasteiger partial charge in [-0.2, -0.15) is 0 Å². The number of rotatable bonds is 7. The summed E-state index contributed by atoms with van der Waals surface area (Å²) in [5.74, 6) is 0.316. The van der Waals surface area contributed by atoms with Crippen LogP contribution in [0, 0.1) is 5.82 Å². The van der Waals surface area contributed by atoms with Crippen LogP contribution in [0.15, 0.2) is 60.7 Å². The second-order valence-corrected chi connectivity index (χ2v) is 8.98. The van der Waals surface area contributed by atoms with Crippen molar-refractivity contribution in [1.82, 2.24) is 9.80 Å². The van der Waals surface area contributed by atoms with E-state index in [0.29, 0.717) is 42.3 Å². The molecular weight excluding hydrogens is 461 g/mol.